The standard InChI is InChI=1S/C22H19NO3/c1-14(24)26-19-10-8-17-13-16-7-9-18(21(19)20(16)17)22(25)23-12-11-15-5-3-2-4-6-15/h2-10H,11-13H2,1H3,(H,23,25). The minimum absolute atomic E-state index is 0.148. The van der Waals surface area contributed by atoms with E-state index in [1.165, 1.54) is 23.6 Å². The number of ether oxygens (including phenoxy) is 1. The van der Waals surface area contributed by atoms with E-state index >= 15 is 0 Å². The number of nitrogens with one attached hydrogen (secondary N) is 1. The van der Waals surface area contributed by atoms with E-state index in [1.807, 2.05) is 48.5 Å². The average molecular weight is 345 g/mol. The van der Waals surface area contributed by atoms with Gasteiger partial charge in [-0.1, -0.05) is 42.5 Å². The molecule has 0 atom stereocenters. The van der Waals surface area contributed by atoms with E-state index in [0.29, 0.717) is 17.9 Å². The lowest BCUT2D eigenvalue weighted by Crippen LogP contribution is -2.26. The second kappa shape index (κ2) is 6.64. The van der Waals surface area contributed by atoms with Crippen LogP contribution in [0.2, 0.25) is 0 Å². The Labute approximate surface area is 151 Å². The van der Waals surface area contributed by atoms with E-state index in [9.17, 15) is 9.59 Å². The molecule has 0 fully saturated rings. The summed E-state index contributed by atoms with van der Waals surface area (Å²) in [4.78, 5) is 24.2. The molecule has 4 heteroatoms. The lowest BCUT2D eigenvalue weighted by molar-refractivity contribution is -0.131. The van der Waals surface area contributed by atoms with Crippen molar-refractivity contribution in [1.29, 1.82) is 0 Å². The maximum Gasteiger partial charge on any atom is 0.308 e. The van der Waals surface area contributed by atoms with E-state index in [4.69, 9.17) is 4.74 Å². The summed E-state index contributed by atoms with van der Waals surface area (Å²) in [7, 11) is 0. The highest BCUT2D eigenvalue weighted by Gasteiger charge is 2.24. The highest BCUT2D eigenvalue weighted by molar-refractivity contribution is 6.13. The van der Waals surface area contributed by atoms with Crippen LogP contribution in [-0.4, -0.2) is 18.4 Å². The zero-order chi connectivity index (χ0) is 18.1. The highest BCUT2D eigenvalue weighted by atomic mass is 16.5. The second-order valence-electron chi connectivity index (χ2n) is 6.51. The Hall–Kier alpha value is -3.14. The normalized spacial score (nSPS) is 11.7. The fourth-order valence-electron chi connectivity index (χ4n) is 3.49. The SMILES string of the molecule is CC(=O)Oc1ccc2c3c(ccc(C(=O)NCCc4ccccc4)c13)C2. The summed E-state index contributed by atoms with van der Waals surface area (Å²) in [6.45, 7) is 1.92. The number of rotatable bonds is 5. The molecule has 4 rings (SSSR count). The van der Waals surface area contributed by atoms with Crippen molar-refractivity contribution in [1.82, 2.24) is 5.32 Å². The molecule has 0 unspecified atom stereocenters. The van der Waals surface area contributed by atoms with Crippen molar-refractivity contribution >= 4 is 22.6 Å². The van der Waals surface area contributed by atoms with Gasteiger partial charge in [-0.3, -0.25) is 9.59 Å². The first kappa shape index (κ1) is 16.3. The van der Waals surface area contributed by atoms with Gasteiger partial charge in [-0.25, -0.2) is 0 Å². The molecule has 0 saturated heterocycles. The largest absolute Gasteiger partial charge is 0.426 e. The Kier molecular flexibility index (Phi) is 4.17. The van der Waals surface area contributed by atoms with Crippen molar-refractivity contribution in [2.75, 3.05) is 6.54 Å². The van der Waals surface area contributed by atoms with E-state index in [1.54, 1.807) is 6.07 Å². The maximum absolute atomic E-state index is 12.8. The third-order valence-corrected chi connectivity index (χ3v) is 4.72. The van der Waals surface area contributed by atoms with Gasteiger partial charge in [0.25, 0.3) is 5.91 Å². The molecule has 3 aromatic carbocycles. The zero-order valence-corrected chi connectivity index (χ0v) is 14.5. The van der Waals surface area contributed by atoms with Gasteiger partial charge in [0.1, 0.15) is 5.75 Å². The van der Waals surface area contributed by atoms with Gasteiger partial charge in [-0.05, 0) is 47.1 Å². The van der Waals surface area contributed by atoms with Gasteiger partial charge < -0.3 is 10.1 Å². The van der Waals surface area contributed by atoms with Crippen LogP contribution in [0.3, 0.4) is 0 Å². The van der Waals surface area contributed by atoms with Crippen molar-refractivity contribution in [3.8, 4) is 5.75 Å². The first-order valence-electron chi connectivity index (χ1n) is 8.71. The van der Waals surface area contributed by atoms with Crippen LogP contribution in [0, 0.1) is 0 Å². The number of carbonyl (C=O) groups excluding carboxylic acids is 2. The minimum Gasteiger partial charge on any atom is -0.426 e. The molecule has 1 aliphatic carbocycles. The van der Waals surface area contributed by atoms with Crippen molar-refractivity contribution in [2.45, 2.75) is 19.8 Å². The topological polar surface area (TPSA) is 55.4 Å². The van der Waals surface area contributed by atoms with Gasteiger partial charge in [0.05, 0.1) is 5.56 Å². The molecule has 1 amide bonds. The summed E-state index contributed by atoms with van der Waals surface area (Å²) in [5.74, 6) is -0.0867. The Morgan fingerprint density at radius 3 is 2.42 bits per heavy atom. The maximum atomic E-state index is 12.8. The quantitative estimate of drug-likeness (QED) is 0.444. The number of amides is 1. The van der Waals surface area contributed by atoms with Gasteiger partial charge in [0.15, 0.2) is 0 Å². The van der Waals surface area contributed by atoms with E-state index in [2.05, 4.69) is 5.32 Å². The summed E-state index contributed by atoms with van der Waals surface area (Å²) in [6, 6.07) is 17.6. The molecule has 26 heavy (non-hydrogen) atoms. The van der Waals surface area contributed by atoms with Crippen LogP contribution in [-0.2, 0) is 17.6 Å². The Bertz CT molecular complexity index is 1000. The van der Waals surface area contributed by atoms with Crippen LogP contribution in [0.4, 0.5) is 0 Å². The third-order valence-electron chi connectivity index (χ3n) is 4.72. The predicted molar refractivity (Wildman–Crippen MR) is 101 cm³/mol. The van der Waals surface area contributed by atoms with Crippen molar-refractivity contribution in [3.63, 3.8) is 0 Å². The summed E-state index contributed by atoms with van der Waals surface area (Å²) in [5.41, 5.74) is 4.10. The summed E-state index contributed by atoms with van der Waals surface area (Å²) >= 11 is 0. The molecule has 130 valence electrons. The number of hydrogen-bond acceptors (Lipinski definition) is 3. The molecule has 0 bridgehead atoms. The fraction of sp³-hybridized carbons (Fsp3) is 0.182. The molecule has 3 aromatic rings. The van der Waals surface area contributed by atoms with Gasteiger partial charge in [0, 0.05) is 18.9 Å². The van der Waals surface area contributed by atoms with Crippen molar-refractivity contribution < 1.29 is 14.3 Å². The molecule has 4 nitrogen and oxygen atoms in total. The number of esters is 1. The third kappa shape index (κ3) is 2.94. The lowest BCUT2D eigenvalue weighted by Gasteiger charge is -2.23. The average Bonchev–Trinajstić information content (AvgIpc) is 2.61. The molecular formula is C22H19NO3. The first-order valence-corrected chi connectivity index (χ1v) is 8.71. The fourth-order valence-corrected chi connectivity index (χ4v) is 3.49. The van der Waals surface area contributed by atoms with E-state index in [-0.39, 0.29) is 11.9 Å². The number of hydrogen-bond donors (Lipinski definition) is 1. The van der Waals surface area contributed by atoms with Crippen LogP contribution in [0.15, 0.2) is 54.6 Å². The summed E-state index contributed by atoms with van der Waals surface area (Å²) in [5, 5.41) is 4.76. The Morgan fingerprint density at radius 1 is 0.962 bits per heavy atom. The molecule has 0 heterocycles. The van der Waals surface area contributed by atoms with Crippen molar-refractivity contribution in [3.05, 3.63) is 76.9 Å². The predicted octanol–water partition coefficient (Wildman–Crippen LogP) is 3.64. The van der Waals surface area contributed by atoms with Gasteiger partial charge in [0.2, 0.25) is 0 Å². The number of benzene rings is 3. The monoisotopic (exact) mass is 345 g/mol. The van der Waals surface area contributed by atoms with Gasteiger partial charge in [-0.15, -0.1) is 0 Å². The molecule has 1 aliphatic rings. The van der Waals surface area contributed by atoms with E-state index < -0.39 is 0 Å². The summed E-state index contributed by atoms with van der Waals surface area (Å²) < 4.78 is 5.36. The van der Waals surface area contributed by atoms with Crippen LogP contribution in [0.25, 0.3) is 10.8 Å². The van der Waals surface area contributed by atoms with Crippen LogP contribution < -0.4 is 10.1 Å². The van der Waals surface area contributed by atoms with Gasteiger partial charge in [-0.2, -0.15) is 0 Å². The van der Waals surface area contributed by atoms with Crippen LogP contribution in [0.5, 0.6) is 5.75 Å². The Morgan fingerprint density at radius 2 is 1.69 bits per heavy atom. The minimum atomic E-state index is -0.388. The van der Waals surface area contributed by atoms with Gasteiger partial charge >= 0.3 is 5.97 Å². The molecule has 0 spiro atoms. The molecule has 0 aliphatic heterocycles. The zero-order valence-electron chi connectivity index (χ0n) is 14.5. The van der Waals surface area contributed by atoms with Crippen LogP contribution >= 0.6 is 0 Å². The second-order valence-corrected chi connectivity index (χ2v) is 6.51. The number of carbonyl (C=O) groups is 2. The molecule has 1 N–H and O–H groups in total. The molecule has 0 radical (unpaired) electrons. The Balaban J connectivity index is 1.61. The van der Waals surface area contributed by atoms with Crippen LogP contribution in [0.1, 0.15) is 34.0 Å². The summed E-state index contributed by atoms with van der Waals surface area (Å²) in [6.07, 6.45) is 1.66. The highest BCUT2D eigenvalue weighted by Crippen LogP contribution is 2.41. The van der Waals surface area contributed by atoms with Crippen molar-refractivity contribution in [2.24, 2.45) is 0 Å². The molecular weight excluding hydrogens is 326 g/mol. The molecule has 0 aromatic heterocycles. The first-order chi connectivity index (χ1) is 12.6. The smallest absolute Gasteiger partial charge is 0.308 e. The van der Waals surface area contributed by atoms with E-state index in [0.717, 1.165) is 23.6 Å². The molecule has 0 saturated carbocycles. The lowest BCUT2D eigenvalue weighted by atomic mass is 9.82.